The second kappa shape index (κ2) is 4.59. The van der Waals surface area contributed by atoms with Crippen molar-refractivity contribution in [3.8, 4) is 0 Å². The molecule has 17 heavy (non-hydrogen) atoms. The molecular formula is C14H15FOS. The zero-order valence-electron chi connectivity index (χ0n) is 10.1. The Kier molecular flexibility index (Phi) is 3.31. The van der Waals surface area contributed by atoms with Gasteiger partial charge in [0.05, 0.1) is 0 Å². The molecule has 0 aliphatic carbocycles. The van der Waals surface area contributed by atoms with E-state index in [9.17, 15) is 9.50 Å². The second-order valence-electron chi connectivity index (χ2n) is 4.27. The molecule has 1 aromatic heterocycles. The van der Waals surface area contributed by atoms with Crippen LogP contribution in [0.4, 0.5) is 4.39 Å². The zero-order valence-corrected chi connectivity index (χ0v) is 10.9. The lowest BCUT2D eigenvalue weighted by molar-refractivity contribution is 0.219. The van der Waals surface area contributed by atoms with Crippen molar-refractivity contribution < 1.29 is 9.50 Å². The summed E-state index contributed by atoms with van der Waals surface area (Å²) in [5.74, 6) is -0.311. The first kappa shape index (κ1) is 12.3. The molecule has 0 saturated heterocycles. The Bertz CT molecular complexity index is 545. The maximum absolute atomic E-state index is 13.2. The summed E-state index contributed by atoms with van der Waals surface area (Å²) in [5, 5.41) is 10.3. The van der Waals surface area contributed by atoms with Crippen molar-refractivity contribution in [2.75, 3.05) is 0 Å². The Labute approximate surface area is 105 Å². The number of benzene rings is 1. The number of thiophene rings is 1. The molecule has 0 fully saturated rings. The first-order valence-corrected chi connectivity index (χ1v) is 6.31. The summed E-state index contributed by atoms with van der Waals surface area (Å²) in [5.41, 5.74) is 2.43. The van der Waals surface area contributed by atoms with Gasteiger partial charge in [0.25, 0.3) is 0 Å². The van der Waals surface area contributed by atoms with Crippen LogP contribution in [-0.4, -0.2) is 5.11 Å². The quantitative estimate of drug-likeness (QED) is 0.857. The minimum absolute atomic E-state index is 0.311. The van der Waals surface area contributed by atoms with Crippen LogP contribution in [0.2, 0.25) is 0 Å². The van der Waals surface area contributed by atoms with Crippen molar-refractivity contribution in [3.63, 3.8) is 0 Å². The van der Waals surface area contributed by atoms with Gasteiger partial charge in [0.15, 0.2) is 0 Å². The van der Waals surface area contributed by atoms with Crippen LogP contribution < -0.4 is 0 Å². The van der Waals surface area contributed by atoms with Crippen molar-refractivity contribution in [2.24, 2.45) is 0 Å². The summed E-state index contributed by atoms with van der Waals surface area (Å²) < 4.78 is 13.2. The Hall–Kier alpha value is -1.19. The fourth-order valence-electron chi connectivity index (χ4n) is 2.00. The average molecular weight is 250 g/mol. The van der Waals surface area contributed by atoms with Crippen molar-refractivity contribution in [3.05, 3.63) is 56.5 Å². The summed E-state index contributed by atoms with van der Waals surface area (Å²) in [6, 6.07) is 6.49. The molecule has 0 aliphatic heterocycles. The minimum atomic E-state index is -0.740. The van der Waals surface area contributed by atoms with Crippen LogP contribution >= 0.6 is 11.3 Å². The van der Waals surface area contributed by atoms with Crippen LogP contribution in [0.25, 0.3) is 0 Å². The molecule has 2 rings (SSSR count). The second-order valence-corrected chi connectivity index (χ2v) is 5.73. The Balaban J connectivity index is 2.46. The first-order chi connectivity index (χ1) is 7.99. The summed E-state index contributed by atoms with van der Waals surface area (Å²) in [6.07, 6.45) is -0.740. The largest absolute Gasteiger partial charge is 0.384 e. The van der Waals surface area contributed by atoms with Gasteiger partial charge in [-0.2, -0.15) is 0 Å². The minimum Gasteiger partial charge on any atom is -0.384 e. The maximum Gasteiger partial charge on any atom is 0.123 e. The van der Waals surface area contributed by atoms with Crippen molar-refractivity contribution in [1.29, 1.82) is 0 Å². The van der Waals surface area contributed by atoms with Crippen LogP contribution in [-0.2, 0) is 0 Å². The van der Waals surface area contributed by atoms with E-state index in [4.69, 9.17) is 0 Å². The van der Waals surface area contributed by atoms with Crippen LogP contribution in [0.5, 0.6) is 0 Å². The highest BCUT2D eigenvalue weighted by Gasteiger charge is 2.17. The summed E-state index contributed by atoms with van der Waals surface area (Å²) in [7, 11) is 0. The van der Waals surface area contributed by atoms with Crippen LogP contribution in [0, 0.1) is 26.6 Å². The SMILES string of the molecule is Cc1cc(C(O)c2cc(F)ccc2C)c(C)s1. The number of rotatable bonds is 2. The lowest BCUT2D eigenvalue weighted by Gasteiger charge is -2.13. The van der Waals surface area contributed by atoms with Gasteiger partial charge in [-0.05, 0) is 55.7 Å². The Morgan fingerprint density at radius 1 is 1.12 bits per heavy atom. The molecule has 0 radical (unpaired) electrons. The zero-order chi connectivity index (χ0) is 12.6. The van der Waals surface area contributed by atoms with E-state index in [-0.39, 0.29) is 5.82 Å². The van der Waals surface area contributed by atoms with Gasteiger partial charge in [0, 0.05) is 9.75 Å². The van der Waals surface area contributed by atoms with E-state index in [1.54, 1.807) is 17.4 Å². The highest BCUT2D eigenvalue weighted by Crippen LogP contribution is 2.32. The van der Waals surface area contributed by atoms with Gasteiger partial charge in [0.2, 0.25) is 0 Å². The molecular weight excluding hydrogens is 235 g/mol. The molecule has 0 spiro atoms. The van der Waals surface area contributed by atoms with E-state index < -0.39 is 6.10 Å². The van der Waals surface area contributed by atoms with E-state index in [2.05, 4.69) is 0 Å². The fourth-order valence-corrected chi connectivity index (χ4v) is 2.95. The third kappa shape index (κ3) is 2.40. The van der Waals surface area contributed by atoms with Crippen LogP contribution in [0.1, 0.15) is 32.5 Å². The van der Waals surface area contributed by atoms with Gasteiger partial charge in [-0.15, -0.1) is 11.3 Å². The summed E-state index contributed by atoms with van der Waals surface area (Å²) in [4.78, 5) is 2.24. The van der Waals surface area contributed by atoms with E-state index in [1.807, 2.05) is 26.8 Å². The number of aryl methyl sites for hydroxylation is 3. The Morgan fingerprint density at radius 2 is 1.82 bits per heavy atom. The average Bonchev–Trinajstić information content (AvgIpc) is 2.60. The lowest BCUT2D eigenvalue weighted by atomic mass is 9.98. The van der Waals surface area contributed by atoms with Gasteiger partial charge < -0.3 is 5.11 Å². The van der Waals surface area contributed by atoms with Crippen LogP contribution in [0.15, 0.2) is 24.3 Å². The molecule has 1 aromatic carbocycles. The first-order valence-electron chi connectivity index (χ1n) is 5.50. The van der Waals surface area contributed by atoms with E-state index >= 15 is 0 Å². The van der Waals surface area contributed by atoms with Gasteiger partial charge in [-0.25, -0.2) is 4.39 Å². The normalized spacial score (nSPS) is 12.8. The topological polar surface area (TPSA) is 20.2 Å². The number of aliphatic hydroxyl groups excluding tert-OH is 1. The molecule has 0 bridgehead atoms. The standard InChI is InChI=1S/C14H15FOS/c1-8-4-5-11(15)7-12(8)14(16)13-6-9(2)17-10(13)3/h4-7,14,16H,1-3H3. The van der Waals surface area contributed by atoms with Crippen molar-refractivity contribution in [2.45, 2.75) is 26.9 Å². The molecule has 1 unspecified atom stereocenters. The molecule has 90 valence electrons. The molecule has 0 saturated carbocycles. The molecule has 1 N–H and O–H groups in total. The molecule has 0 amide bonds. The number of halogens is 1. The summed E-state index contributed by atoms with van der Waals surface area (Å²) >= 11 is 1.65. The van der Waals surface area contributed by atoms with Crippen molar-refractivity contribution >= 4 is 11.3 Å². The summed E-state index contributed by atoms with van der Waals surface area (Å²) in [6.45, 7) is 5.86. The van der Waals surface area contributed by atoms with Crippen LogP contribution in [0.3, 0.4) is 0 Å². The van der Waals surface area contributed by atoms with Crippen molar-refractivity contribution in [1.82, 2.24) is 0 Å². The number of hydrogen-bond acceptors (Lipinski definition) is 2. The fraction of sp³-hybridized carbons (Fsp3) is 0.286. The lowest BCUT2D eigenvalue weighted by Crippen LogP contribution is -2.02. The predicted octanol–water partition coefficient (Wildman–Crippen LogP) is 3.89. The maximum atomic E-state index is 13.2. The van der Waals surface area contributed by atoms with Gasteiger partial charge in [0.1, 0.15) is 11.9 Å². The third-order valence-electron chi connectivity index (χ3n) is 2.91. The van der Waals surface area contributed by atoms with E-state index in [1.165, 1.54) is 12.1 Å². The van der Waals surface area contributed by atoms with Gasteiger partial charge in [-0.1, -0.05) is 6.07 Å². The molecule has 1 heterocycles. The smallest absolute Gasteiger partial charge is 0.123 e. The van der Waals surface area contributed by atoms with E-state index in [0.717, 1.165) is 20.9 Å². The molecule has 0 aliphatic rings. The number of aliphatic hydroxyl groups is 1. The molecule has 1 nitrogen and oxygen atoms in total. The Morgan fingerprint density at radius 3 is 2.41 bits per heavy atom. The molecule has 3 heteroatoms. The monoisotopic (exact) mass is 250 g/mol. The van der Waals surface area contributed by atoms with E-state index in [0.29, 0.717) is 5.56 Å². The highest BCUT2D eigenvalue weighted by atomic mass is 32.1. The third-order valence-corrected chi connectivity index (χ3v) is 3.89. The number of hydrogen-bond donors (Lipinski definition) is 1. The van der Waals surface area contributed by atoms with Gasteiger partial charge in [-0.3, -0.25) is 0 Å². The molecule has 1 atom stereocenters. The predicted molar refractivity (Wildman–Crippen MR) is 69.0 cm³/mol. The van der Waals surface area contributed by atoms with Gasteiger partial charge >= 0.3 is 0 Å². The molecule has 2 aromatic rings. The highest BCUT2D eigenvalue weighted by molar-refractivity contribution is 7.12.